The van der Waals surface area contributed by atoms with Gasteiger partial charge in [0, 0.05) is 53.6 Å². The molecule has 0 unspecified atom stereocenters. The fourth-order valence-electron chi connectivity index (χ4n) is 4.25. The van der Waals surface area contributed by atoms with E-state index in [1.165, 1.54) is 43.1 Å². The number of hydrogen-bond acceptors (Lipinski definition) is 3. The van der Waals surface area contributed by atoms with Crippen molar-refractivity contribution in [1.82, 2.24) is 15.3 Å². The average molecular weight is 551 g/mol. The Kier molecular flexibility index (Phi) is 17.5. The first-order chi connectivity index (χ1) is 19.0. The molecule has 7 heteroatoms. The molecule has 0 aliphatic rings. The van der Waals surface area contributed by atoms with Crippen LogP contribution in [0.4, 0.5) is 0 Å². The Labute approximate surface area is 239 Å². The minimum Gasteiger partial charge on any atom is -0.481 e. The molecule has 7 nitrogen and oxygen atoms in total. The molecule has 2 heterocycles. The zero-order valence-corrected chi connectivity index (χ0v) is 23.6. The smallest absolute Gasteiger partial charge is 0.303 e. The van der Waals surface area contributed by atoms with Crippen molar-refractivity contribution in [3.63, 3.8) is 0 Å². The molecular formula is C33H50N4O3. The summed E-state index contributed by atoms with van der Waals surface area (Å²) in [6.45, 7) is 6.00. The van der Waals surface area contributed by atoms with Crippen molar-refractivity contribution in [3.8, 4) is 0 Å². The highest BCUT2D eigenvalue weighted by molar-refractivity contribution is 5.84. The van der Waals surface area contributed by atoms with Crippen molar-refractivity contribution in [3.05, 3.63) is 72.1 Å². The number of H-pyrrole nitrogens is 2. The van der Waals surface area contributed by atoms with Crippen LogP contribution in [0.5, 0.6) is 0 Å². The monoisotopic (exact) mass is 550 g/mol. The van der Waals surface area contributed by atoms with Crippen LogP contribution in [0.1, 0.15) is 83.8 Å². The molecule has 0 bridgehead atoms. The predicted octanol–water partition coefficient (Wildman–Crippen LogP) is 7.36. The lowest BCUT2D eigenvalue weighted by atomic mass is 10.1. The quantitative estimate of drug-likeness (QED) is 0.112. The van der Waals surface area contributed by atoms with Crippen molar-refractivity contribution in [2.45, 2.75) is 85.5 Å². The highest BCUT2D eigenvalue weighted by Gasteiger charge is 2.06. The van der Waals surface area contributed by atoms with Crippen molar-refractivity contribution in [2.24, 2.45) is 5.73 Å². The molecule has 2 aromatic heterocycles. The van der Waals surface area contributed by atoms with E-state index < -0.39 is 5.97 Å². The number of aliphatic carboxylic acids is 1. The van der Waals surface area contributed by atoms with Crippen molar-refractivity contribution in [2.75, 3.05) is 13.1 Å². The number of unbranched alkanes of at least 4 members (excludes halogenated alkanes) is 4. The van der Waals surface area contributed by atoms with E-state index in [4.69, 9.17) is 10.8 Å². The van der Waals surface area contributed by atoms with Crippen LogP contribution in [0.3, 0.4) is 0 Å². The van der Waals surface area contributed by atoms with Crippen molar-refractivity contribution < 1.29 is 14.7 Å². The Morgan fingerprint density at radius 1 is 0.775 bits per heavy atom. The molecule has 0 aliphatic heterocycles. The summed E-state index contributed by atoms with van der Waals surface area (Å²) < 4.78 is 0. The number of carbonyl (C=O) groups excluding carboxylic acids is 1. The minimum absolute atomic E-state index is 0. The second-order valence-corrected chi connectivity index (χ2v) is 9.67. The van der Waals surface area contributed by atoms with Gasteiger partial charge in [0.05, 0.1) is 0 Å². The van der Waals surface area contributed by atoms with Gasteiger partial charge in [0.1, 0.15) is 0 Å². The number of carboxylic acids is 1. The third-order valence-electron chi connectivity index (χ3n) is 6.49. The van der Waals surface area contributed by atoms with Gasteiger partial charge in [-0.3, -0.25) is 9.59 Å². The zero-order chi connectivity index (χ0) is 28.3. The van der Waals surface area contributed by atoms with Crippen LogP contribution < -0.4 is 11.1 Å². The molecule has 0 saturated carbocycles. The number of carbonyl (C=O) groups is 2. The molecule has 0 radical (unpaired) electrons. The summed E-state index contributed by atoms with van der Waals surface area (Å²) in [5.41, 5.74) is 9.71. The molecule has 0 spiro atoms. The van der Waals surface area contributed by atoms with Gasteiger partial charge in [0.25, 0.3) is 0 Å². The summed E-state index contributed by atoms with van der Waals surface area (Å²) in [6, 6.07) is 16.1. The first-order valence-corrected chi connectivity index (χ1v) is 14.3. The first kappa shape index (κ1) is 34.4. The average Bonchev–Trinajstić information content (AvgIpc) is 3.57. The third-order valence-corrected chi connectivity index (χ3v) is 6.49. The second kappa shape index (κ2) is 20.3. The number of nitrogens with one attached hydrogen (secondary N) is 3. The summed E-state index contributed by atoms with van der Waals surface area (Å²) in [6.07, 6.45) is 13.2. The van der Waals surface area contributed by atoms with E-state index in [9.17, 15) is 9.59 Å². The van der Waals surface area contributed by atoms with Gasteiger partial charge < -0.3 is 26.1 Å². The van der Waals surface area contributed by atoms with Gasteiger partial charge in [0.2, 0.25) is 5.91 Å². The van der Waals surface area contributed by atoms with Crippen LogP contribution in [0, 0.1) is 0 Å². The van der Waals surface area contributed by atoms with E-state index in [-0.39, 0.29) is 19.8 Å². The predicted molar refractivity (Wildman–Crippen MR) is 169 cm³/mol. The van der Waals surface area contributed by atoms with Gasteiger partial charge in [-0.15, -0.1) is 0 Å². The van der Waals surface area contributed by atoms with E-state index in [1.54, 1.807) is 0 Å². The van der Waals surface area contributed by atoms with Crippen LogP contribution in [-0.2, 0) is 22.4 Å². The number of hydrogen-bond donors (Lipinski definition) is 5. The van der Waals surface area contributed by atoms with Crippen LogP contribution in [0.15, 0.2) is 60.9 Å². The Balaban J connectivity index is 0.000000335. The van der Waals surface area contributed by atoms with Crippen LogP contribution in [0.2, 0.25) is 0 Å². The SMILES string of the molecule is C.CCCCCN.CCCCCNC(=O)CCc1c[nH]c2ccccc12.O=C(O)CCc1c[nH]c2ccccc12. The van der Waals surface area contributed by atoms with Crippen molar-refractivity contribution >= 4 is 33.7 Å². The first-order valence-electron chi connectivity index (χ1n) is 14.3. The maximum atomic E-state index is 11.7. The number of carboxylic acid groups (broad SMARTS) is 1. The Bertz CT molecular complexity index is 1240. The summed E-state index contributed by atoms with van der Waals surface area (Å²) in [7, 11) is 0. The summed E-state index contributed by atoms with van der Waals surface area (Å²) in [5, 5.41) is 13.9. The zero-order valence-electron chi connectivity index (χ0n) is 23.6. The van der Waals surface area contributed by atoms with Gasteiger partial charge in [-0.25, -0.2) is 0 Å². The number of aryl methyl sites for hydroxylation is 2. The van der Waals surface area contributed by atoms with Gasteiger partial charge in [-0.1, -0.05) is 83.4 Å². The molecule has 0 fully saturated rings. The number of para-hydroxylation sites is 2. The Morgan fingerprint density at radius 2 is 1.27 bits per heavy atom. The molecular weight excluding hydrogens is 500 g/mol. The minimum atomic E-state index is -0.754. The fraction of sp³-hybridized carbons (Fsp3) is 0.455. The molecule has 4 rings (SSSR count). The highest BCUT2D eigenvalue weighted by Crippen LogP contribution is 2.19. The standard InChI is InChI=1S/C16H22N2O.C11H11NO2.C5H13N.CH4/c1-2-3-6-11-17-16(19)10-9-13-12-18-15-8-5-4-7-14(13)15;13-11(14)6-5-8-7-12-10-4-2-1-3-9(8)10;1-2-3-4-5-6;/h4-5,7-8,12,18H,2-3,6,9-11H2,1H3,(H,17,19);1-4,7,12H,5-6H2,(H,13,14);2-6H2,1H3;1H4. The fourth-order valence-corrected chi connectivity index (χ4v) is 4.25. The number of amides is 1. The Morgan fingerprint density at radius 3 is 1.75 bits per heavy atom. The molecule has 2 aromatic carbocycles. The molecule has 0 saturated heterocycles. The van der Waals surface area contributed by atoms with Gasteiger partial charge in [-0.2, -0.15) is 0 Å². The number of nitrogens with two attached hydrogens (primary N) is 1. The van der Waals surface area contributed by atoms with Gasteiger partial charge in [0.15, 0.2) is 0 Å². The summed E-state index contributed by atoms with van der Waals surface area (Å²) >= 11 is 0. The largest absolute Gasteiger partial charge is 0.481 e. The lowest BCUT2D eigenvalue weighted by molar-refractivity contribution is -0.137. The van der Waals surface area contributed by atoms with Crippen molar-refractivity contribution in [1.29, 1.82) is 0 Å². The normalized spacial score (nSPS) is 10.2. The molecule has 1 amide bonds. The molecule has 40 heavy (non-hydrogen) atoms. The Hall–Kier alpha value is -3.58. The molecule has 6 N–H and O–H groups in total. The van der Waals surface area contributed by atoms with Crippen LogP contribution >= 0.6 is 0 Å². The number of fused-ring (bicyclic) bond motifs is 2. The van der Waals surface area contributed by atoms with Gasteiger partial charge >= 0.3 is 5.97 Å². The topological polar surface area (TPSA) is 124 Å². The van der Waals surface area contributed by atoms with E-state index >= 15 is 0 Å². The maximum absolute atomic E-state index is 11.7. The van der Waals surface area contributed by atoms with E-state index in [2.05, 4.69) is 41.3 Å². The number of rotatable bonds is 13. The van der Waals surface area contributed by atoms with E-state index in [1.807, 2.05) is 48.8 Å². The number of aromatic amines is 2. The van der Waals surface area contributed by atoms with Crippen LogP contribution in [-0.4, -0.2) is 40.0 Å². The summed E-state index contributed by atoms with van der Waals surface area (Å²) in [4.78, 5) is 28.5. The number of benzene rings is 2. The molecule has 0 atom stereocenters. The third kappa shape index (κ3) is 12.5. The van der Waals surface area contributed by atoms with Crippen LogP contribution in [0.25, 0.3) is 21.8 Å². The maximum Gasteiger partial charge on any atom is 0.303 e. The second-order valence-electron chi connectivity index (χ2n) is 9.67. The van der Waals surface area contributed by atoms with E-state index in [0.29, 0.717) is 12.8 Å². The molecule has 220 valence electrons. The number of aromatic nitrogens is 2. The lowest BCUT2D eigenvalue weighted by Crippen LogP contribution is -2.24. The summed E-state index contributed by atoms with van der Waals surface area (Å²) in [5.74, 6) is -0.600. The molecule has 0 aliphatic carbocycles. The van der Waals surface area contributed by atoms with Gasteiger partial charge in [-0.05, 0) is 55.5 Å². The lowest BCUT2D eigenvalue weighted by Gasteiger charge is -2.04. The molecule has 4 aromatic rings. The van der Waals surface area contributed by atoms with E-state index in [0.717, 1.165) is 47.9 Å². The highest BCUT2D eigenvalue weighted by atomic mass is 16.4.